The normalized spacial score (nSPS) is 14.7. The summed E-state index contributed by atoms with van der Waals surface area (Å²) in [4.78, 5) is 11.1. The van der Waals surface area contributed by atoms with Crippen molar-refractivity contribution in [1.29, 1.82) is 0 Å². The molecule has 1 amide bonds. The molecule has 0 heterocycles. The van der Waals surface area contributed by atoms with Crippen molar-refractivity contribution in [2.75, 3.05) is 6.61 Å². The molecule has 4 N–H and O–H groups in total. The number of primary amides is 1. The van der Waals surface area contributed by atoms with E-state index in [0.717, 1.165) is 5.75 Å². The molecule has 112 valence electrons. The van der Waals surface area contributed by atoms with Crippen LogP contribution < -0.4 is 16.2 Å². The molecule has 0 fully saturated rings. The van der Waals surface area contributed by atoms with E-state index >= 15 is 0 Å². The van der Waals surface area contributed by atoms with E-state index in [4.69, 9.17) is 16.2 Å². The van der Waals surface area contributed by atoms with Crippen molar-refractivity contribution in [2.24, 2.45) is 11.5 Å². The van der Waals surface area contributed by atoms with Gasteiger partial charge in [-0.3, -0.25) is 4.79 Å². The molecule has 0 aliphatic rings. The van der Waals surface area contributed by atoms with Gasteiger partial charge in [0.05, 0.1) is 12.1 Å². The zero-order valence-corrected chi connectivity index (χ0v) is 12.9. The molecular weight excluding hydrogens is 252 g/mol. The van der Waals surface area contributed by atoms with Crippen LogP contribution in [0.3, 0.4) is 0 Å². The largest absolute Gasteiger partial charge is 0.494 e. The van der Waals surface area contributed by atoms with E-state index in [1.54, 1.807) is 6.92 Å². The second-order valence-corrected chi connectivity index (χ2v) is 6.51. The molecule has 20 heavy (non-hydrogen) atoms. The van der Waals surface area contributed by atoms with Crippen LogP contribution >= 0.6 is 0 Å². The fourth-order valence-corrected chi connectivity index (χ4v) is 1.81. The molecule has 1 atom stereocenters. The van der Waals surface area contributed by atoms with Gasteiger partial charge in [-0.05, 0) is 42.9 Å². The monoisotopic (exact) mass is 278 g/mol. The molecule has 0 bridgehead atoms. The Hall–Kier alpha value is -1.55. The van der Waals surface area contributed by atoms with Gasteiger partial charge in [-0.2, -0.15) is 0 Å². The van der Waals surface area contributed by atoms with Gasteiger partial charge in [0.15, 0.2) is 0 Å². The summed E-state index contributed by atoms with van der Waals surface area (Å²) in [6.45, 7) is 8.67. The summed E-state index contributed by atoms with van der Waals surface area (Å²) in [5, 5.41) is 0. The third-order valence-corrected chi connectivity index (χ3v) is 3.37. The van der Waals surface area contributed by atoms with Crippen molar-refractivity contribution in [1.82, 2.24) is 0 Å². The van der Waals surface area contributed by atoms with Crippen LogP contribution in [0, 0.1) is 0 Å². The number of benzene rings is 1. The Morgan fingerprint density at radius 1 is 1.25 bits per heavy atom. The van der Waals surface area contributed by atoms with Gasteiger partial charge >= 0.3 is 0 Å². The lowest BCUT2D eigenvalue weighted by molar-refractivity contribution is -0.122. The molecule has 0 aliphatic heterocycles. The minimum atomic E-state index is -0.962. The third-order valence-electron chi connectivity index (χ3n) is 3.37. The number of ether oxygens (including phenoxy) is 1. The number of hydrogen-bond donors (Lipinski definition) is 2. The first-order chi connectivity index (χ1) is 9.13. The van der Waals surface area contributed by atoms with E-state index in [1.165, 1.54) is 5.56 Å². The highest BCUT2D eigenvalue weighted by Gasteiger charge is 2.24. The molecule has 1 unspecified atom stereocenters. The van der Waals surface area contributed by atoms with Gasteiger partial charge in [0.1, 0.15) is 5.75 Å². The maximum absolute atomic E-state index is 11.1. The SMILES string of the molecule is CC(N)(CCCOc1cccc(C(C)(C)C)c1)C(N)=O. The van der Waals surface area contributed by atoms with E-state index in [9.17, 15) is 4.79 Å². The van der Waals surface area contributed by atoms with Crippen LogP contribution in [0.2, 0.25) is 0 Å². The van der Waals surface area contributed by atoms with Crippen LogP contribution in [0.25, 0.3) is 0 Å². The topological polar surface area (TPSA) is 78.3 Å². The van der Waals surface area contributed by atoms with Crippen LogP contribution in [-0.2, 0) is 10.2 Å². The van der Waals surface area contributed by atoms with Crippen LogP contribution in [0.1, 0.15) is 46.1 Å². The van der Waals surface area contributed by atoms with Gasteiger partial charge < -0.3 is 16.2 Å². The van der Waals surface area contributed by atoms with Crippen LogP contribution in [0.4, 0.5) is 0 Å². The average Bonchev–Trinajstić information content (AvgIpc) is 2.34. The van der Waals surface area contributed by atoms with Crippen LogP contribution in [0.5, 0.6) is 5.75 Å². The molecule has 0 aromatic heterocycles. The average molecular weight is 278 g/mol. The highest BCUT2D eigenvalue weighted by atomic mass is 16.5. The van der Waals surface area contributed by atoms with Crippen molar-refractivity contribution >= 4 is 5.91 Å². The second kappa shape index (κ2) is 6.27. The maximum atomic E-state index is 11.1. The van der Waals surface area contributed by atoms with Crippen molar-refractivity contribution in [3.63, 3.8) is 0 Å². The Morgan fingerprint density at radius 3 is 2.45 bits per heavy atom. The molecule has 0 saturated heterocycles. The molecule has 0 aliphatic carbocycles. The van der Waals surface area contributed by atoms with E-state index in [0.29, 0.717) is 19.4 Å². The molecule has 0 spiro atoms. The van der Waals surface area contributed by atoms with Gasteiger partial charge in [0.25, 0.3) is 0 Å². The van der Waals surface area contributed by atoms with Gasteiger partial charge in [-0.25, -0.2) is 0 Å². The lowest BCUT2D eigenvalue weighted by Gasteiger charge is -2.21. The van der Waals surface area contributed by atoms with E-state index in [-0.39, 0.29) is 5.41 Å². The molecule has 4 nitrogen and oxygen atoms in total. The first-order valence-corrected chi connectivity index (χ1v) is 6.95. The molecular formula is C16H26N2O2. The zero-order valence-electron chi connectivity index (χ0n) is 12.9. The van der Waals surface area contributed by atoms with Crippen LogP contribution in [-0.4, -0.2) is 18.1 Å². The predicted octanol–water partition coefficient (Wildman–Crippen LogP) is 2.35. The minimum absolute atomic E-state index is 0.0984. The lowest BCUT2D eigenvalue weighted by atomic mass is 9.87. The van der Waals surface area contributed by atoms with Gasteiger partial charge in [0.2, 0.25) is 5.91 Å². The molecule has 0 radical (unpaired) electrons. The number of amides is 1. The molecule has 4 heteroatoms. The molecule has 1 aromatic rings. The Bertz CT molecular complexity index is 462. The van der Waals surface area contributed by atoms with E-state index in [1.807, 2.05) is 12.1 Å². The number of rotatable bonds is 6. The van der Waals surface area contributed by atoms with Gasteiger partial charge in [0, 0.05) is 0 Å². The Kier molecular flexibility index (Phi) is 5.17. The quantitative estimate of drug-likeness (QED) is 0.784. The number of hydrogen-bond acceptors (Lipinski definition) is 3. The van der Waals surface area contributed by atoms with Gasteiger partial charge in [-0.15, -0.1) is 0 Å². The van der Waals surface area contributed by atoms with Crippen molar-refractivity contribution in [3.8, 4) is 5.75 Å². The van der Waals surface area contributed by atoms with Crippen molar-refractivity contribution in [3.05, 3.63) is 29.8 Å². The number of carbonyl (C=O) groups is 1. The highest BCUT2D eigenvalue weighted by Crippen LogP contribution is 2.25. The first-order valence-electron chi connectivity index (χ1n) is 6.95. The Balaban J connectivity index is 2.49. The summed E-state index contributed by atoms with van der Waals surface area (Å²) in [6.07, 6.45) is 1.21. The van der Waals surface area contributed by atoms with E-state index < -0.39 is 11.4 Å². The number of nitrogens with two attached hydrogens (primary N) is 2. The zero-order chi connectivity index (χ0) is 15.4. The molecule has 1 rings (SSSR count). The fourth-order valence-electron chi connectivity index (χ4n) is 1.81. The summed E-state index contributed by atoms with van der Waals surface area (Å²) in [7, 11) is 0. The number of carbonyl (C=O) groups excluding carboxylic acids is 1. The third kappa shape index (κ3) is 4.85. The maximum Gasteiger partial charge on any atom is 0.237 e. The summed E-state index contributed by atoms with van der Waals surface area (Å²) in [5.41, 5.74) is 11.4. The highest BCUT2D eigenvalue weighted by molar-refractivity contribution is 5.83. The van der Waals surface area contributed by atoms with Crippen molar-refractivity contribution in [2.45, 2.75) is 51.5 Å². The van der Waals surface area contributed by atoms with E-state index in [2.05, 4.69) is 32.9 Å². The summed E-state index contributed by atoms with van der Waals surface area (Å²) in [5.74, 6) is 0.363. The second-order valence-electron chi connectivity index (χ2n) is 6.51. The van der Waals surface area contributed by atoms with Crippen molar-refractivity contribution < 1.29 is 9.53 Å². The van der Waals surface area contributed by atoms with Gasteiger partial charge in [-0.1, -0.05) is 32.9 Å². The fraction of sp³-hybridized carbons (Fsp3) is 0.562. The van der Waals surface area contributed by atoms with Crippen LogP contribution in [0.15, 0.2) is 24.3 Å². The smallest absolute Gasteiger partial charge is 0.237 e. The summed E-state index contributed by atoms with van der Waals surface area (Å²) < 4.78 is 5.71. The predicted molar refractivity (Wildman–Crippen MR) is 81.7 cm³/mol. The standard InChI is InChI=1S/C16H26N2O2/c1-15(2,3)12-7-5-8-13(11-12)20-10-6-9-16(4,18)14(17)19/h5,7-8,11H,6,9-10,18H2,1-4H3,(H2,17,19). The summed E-state index contributed by atoms with van der Waals surface area (Å²) >= 11 is 0. The Morgan fingerprint density at radius 2 is 1.90 bits per heavy atom. The molecule has 1 aromatic carbocycles. The Labute approximate surface area is 121 Å². The first kappa shape index (κ1) is 16.5. The minimum Gasteiger partial charge on any atom is -0.494 e. The lowest BCUT2D eigenvalue weighted by Crippen LogP contribution is -2.49. The molecule has 0 saturated carbocycles. The summed E-state index contributed by atoms with van der Waals surface area (Å²) in [6, 6.07) is 8.07.